The highest BCUT2D eigenvalue weighted by molar-refractivity contribution is 5.97. The Morgan fingerprint density at radius 1 is 1.33 bits per heavy atom. The van der Waals surface area contributed by atoms with Crippen LogP contribution in [0.1, 0.15) is 17.3 Å². The van der Waals surface area contributed by atoms with Crippen LogP contribution >= 0.6 is 0 Å². The van der Waals surface area contributed by atoms with E-state index in [1.165, 1.54) is 42.3 Å². The van der Waals surface area contributed by atoms with E-state index < -0.39 is 5.82 Å². The maximum atomic E-state index is 12.9. The lowest BCUT2D eigenvalue weighted by atomic mass is 10.1. The maximum Gasteiger partial charge on any atom is 0.162 e. The van der Waals surface area contributed by atoms with Gasteiger partial charge in [-0.15, -0.1) is 0 Å². The van der Waals surface area contributed by atoms with E-state index in [2.05, 4.69) is 10.2 Å². The van der Waals surface area contributed by atoms with Crippen molar-refractivity contribution in [2.75, 3.05) is 0 Å². The first kappa shape index (κ1) is 9.51. The molecule has 0 saturated heterocycles. The van der Waals surface area contributed by atoms with Crippen LogP contribution in [0.4, 0.5) is 4.39 Å². The number of benzene rings is 1. The summed E-state index contributed by atoms with van der Waals surface area (Å²) in [4.78, 5) is 12.6. The highest BCUT2D eigenvalue weighted by Crippen LogP contribution is 2.14. The molecule has 0 aliphatic heterocycles. The van der Waals surface area contributed by atoms with Crippen molar-refractivity contribution < 1.29 is 9.18 Å². The number of ketones is 1. The molecule has 2 aromatic rings. The van der Waals surface area contributed by atoms with Crippen LogP contribution in [-0.2, 0) is 0 Å². The number of carbonyl (C=O) groups is 1. The summed E-state index contributed by atoms with van der Waals surface area (Å²) in [7, 11) is 0. The van der Waals surface area contributed by atoms with Crippen LogP contribution in [0.3, 0.4) is 0 Å². The van der Waals surface area contributed by atoms with Gasteiger partial charge in [-0.25, -0.2) is 4.39 Å². The molecule has 0 bridgehead atoms. The van der Waals surface area contributed by atoms with Crippen molar-refractivity contribution in [3.05, 3.63) is 42.0 Å². The third-order valence-corrected chi connectivity index (χ3v) is 1.97. The van der Waals surface area contributed by atoms with Crippen molar-refractivity contribution in [2.45, 2.75) is 6.92 Å². The molecule has 1 heterocycles. The standard InChI is InChI=1S/C10H8FN3O/c1-7(15)9-6-8(11)2-3-10(9)14-12-4-5-13-14/h2-6H,1H3. The van der Waals surface area contributed by atoms with E-state index in [4.69, 9.17) is 0 Å². The van der Waals surface area contributed by atoms with Crippen LogP contribution in [0.25, 0.3) is 5.69 Å². The first-order valence-corrected chi connectivity index (χ1v) is 4.35. The molecule has 1 aromatic heterocycles. The SMILES string of the molecule is CC(=O)c1cc(F)ccc1-n1nccn1. The number of rotatable bonds is 2. The summed E-state index contributed by atoms with van der Waals surface area (Å²) < 4.78 is 12.9. The normalized spacial score (nSPS) is 10.3. The van der Waals surface area contributed by atoms with Crippen LogP contribution in [-0.4, -0.2) is 20.8 Å². The minimum absolute atomic E-state index is 0.221. The summed E-state index contributed by atoms with van der Waals surface area (Å²) in [5.41, 5.74) is 0.750. The molecule has 0 fully saturated rings. The number of halogens is 1. The molecular weight excluding hydrogens is 197 g/mol. The molecular formula is C10H8FN3O. The summed E-state index contributed by atoms with van der Waals surface area (Å²) in [6.07, 6.45) is 2.99. The Morgan fingerprint density at radius 3 is 2.60 bits per heavy atom. The van der Waals surface area contributed by atoms with E-state index in [0.29, 0.717) is 5.69 Å². The van der Waals surface area contributed by atoms with Gasteiger partial charge in [0.1, 0.15) is 5.82 Å². The quantitative estimate of drug-likeness (QED) is 0.700. The Labute approximate surface area is 85.3 Å². The van der Waals surface area contributed by atoms with E-state index in [-0.39, 0.29) is 11.3 Å². The molecule has 0 spiro atoms. The molecule has 0 atom stereocenters. The Hall–Kier alpha value is -2.04. The second-order valence-electron chi connectivity index (χ2n) is 3.04. The largest absolute Gasteiger partial charge is 0.294 e. The van der Waals surface area contributed by atoms with Gasteiger partial charge in [0.15, 0.2) is 5.78 Å². The molecule has 0 saturated carbocycles. The molecule has 0 unspecified atom stereocenters. The van der Waals surface area contributed by atoms with Crippen molar-refractivity contribution in [2.24, 2.45) is 0 Å². The molecule has 0 amide bonds. The summed E-state index contributed by atoms with van der Waals surface area (Å²) in [5.74, 6) is -0.669. The number of carbonyl (C=O) groups excluding carboxylic acids is 1. The lowest BCUT2D eigenvalue weighted by Crippen LogP contribution is -2.06. The average molecular weight is 205 g/mol. The topological polar surface area (TPSA) is 47.8 Å². The van der Waals surface area contributed by atoms with Crippen LogP contribution in [0.5, 0.6) is 0 Å². The highest BCUT2D eigenvalue weighted by Gasteiger charge is 2.11. The van der Waals surface area contributed by atoms with Gasteiger partial charge >= 0.3 is 0 Å². The molecule has 76 valence electrons. The van der Waals surface area contributed by atoms with Gasteiger partial charge in [0.25, 0.3) is 0 Å². The molecule has 0 radical (unpaired) electrons. The molecule has 0 aliphatic rings. The van der Waals surface area contributed by atoms with E-state index in [9.17, 15) is 9.18 Å². The predicted octanol–water partition coefficient (Wildman–Crippen LogP) is 1.61. The zero-order chi connectivity index (χ0) is 10.8. The van der Waals surface area contributed by atoms with Gasteiger partial charge in [0.05, 0.1) is 18.1 Å². The van der Waals surface area contributed by atoms with Gasteiger partial charge in [0, 0.05) is 5.56 Å². The molecule has 4 nitrogen and oxygen atoms in total. The van der Waals surface area contributed by atoms with E-state index in [0.717, 1.165) is 0 Å². The van der Waals surface area contributed by atoms with Gasteiger partial charge in [-0.2, -0.15) is 15.0 Å². The molecule has 15 heavy (non-hydrogen) atoms. The summed E-state index contributed by atoms with van der Waals surface area (Å²) in [6.45, 7) is 1.38. The van der Waals surface area contributed by atoms with Crippen molar-refractivity contribution >= 4 is 5.78 Å². The molecule has 1 aromatic carbocycles. The Morgan fingerprint density at radius 2 is 2.00 bits per heavy atom. The number of Topliss-reactive ketones (excluding diaryl/α,β-unsaturated/α-hetero) is 1. The third-order valence-electron chi connectivity index (χ3n) is 1.97. The fourth-order valence-corrected chi connectivity index (χ4v) is 1.30. The number of hydrogen-bond donors (Lipinski definition) is 0. The predicted molar refractivity (Wildman–Crippen MR) is 51.3 cm³/mol. The van der Waals surface area contributed by atoms with E-state index in [1.807, 2.05) is 0 Å². The van der Waals surface area contributed by atoms with Gasteiger partial charge in [-0.3, -0.25) is 4.79 Å². The second kappa shape index (κ2) is 3.61. The summed E-state index contributed by atoms with van der Waals surface area (Å²) >= 11 is 0. The second-order valence-corrected chi connectivity index (χ2v) is 3.04. The van der Waals surface area contributed by atoms with Crippen LogP contribution in [0.15, 0.2) is 30.6 Å². The van der Waals surface area contributed by atoms with Crippen molar-refractivity contribution in [3.63, 3.8) is 0 Å². The fourth-order valence-electron chi connectivity index (χ4n) is 1.30. The van der Waals surface area contributed by atoms with E-state index in [1.54, 1.807) is 0 Å². The zero-order valence-corrected chi connectivity index (χ0v) is 8.01. The average Bonchev–Trinajstić information content (AvgIpc) is 2.70. The molecule has 5 heteroatoms. The van der Waals surface area contributed by atoms with Gasteiger partial charge in [-0.05, 0) is 25.1 Å². The molecule has 0 aliphatic carbocycles. The van der Waals surface area contributed by atoms with E-state index >= 15 is 0 Å². The van der Waals surface area contributed by atoms with Crippen LogP contribution in [0.2, 0.25) is 0 Å². The first-order valence-electron chi connectivity index (χ1n) is 4.35. The number of hydrogen-bond acceptors (Lipinski definition) is 3. The maximum absolute atomic E-state index is 12.9. The molecule has 2 rings (SSSR count). The van der Waals surface area contributed by atoms with Gasteiger partial charge in [0.2, 0.25) is 0 Å². The zero-order valence-electron chi connectivity index (χ0n) is 8.01. The minimum atomic E-state index is -0.448. The monoisotopic (exact) mass is 205 g/mol. The van der Waals surface area contributed by atoms with Crippen LogP contribution < -0.4 is 0 Å². The Kier molecular flexibility index (Phi) is 2.29. The Bertz CT molecular complexity index is 493. The lowest BCUT2D eigenvalue weighted by molar-refractivity contribution is 0.101. The fraction of sp³-hybridized carbons (Fsp3) is 0.100. The van der Waals surface area contributed by atoms with Crippen molar-refractivity contribution in [1.29, 1.82) is 0 Å². The smallest absolute Gasteiger partial charge is 0.162 e. The van der Waals surface area contributed by atoms with Crippen molar-refractivity contribution in [3.8, 4) is 5.69 Å². The molecule has 0 N–H and O–H groups in total. The van der Waals surface area contributed by atoms with Crippen LogP contribution in [0, 0.1) is 5.82 Å². The van der Waals surface area contributed by atoms with Crippen molar-refractivity contribution in [1.82, 2.24) is 15.0 Å². The first-order chi connectivity index (χ1) is 7.18. The summed E-state index contributed by atoms with van der Waals surface area (Å²) in [6, 6.07) is 3.93. The Balaban J connectivity index is 2.61. The van der Waals surface area contributed by atoms with Gasteiger partial charge < -0.3 is 0 Å². The number of nitrogens with zero attached hydrogens (tertiary/aromatic N) is 3. The minimum Gasteiger partial charge on any atom is -0.294 e. The highest BCUT2D eigenvalue weighted by atomic mass is 19.1. The lowest BCUT2D eigenvalue weighted by Gasteiger charge is -2.05. The third kappa shape index (κ3) is 1.76. The number of aromatic nitrogens is 3. The summed E-state index contributed by atoms with van der Waals surface area (Å²) in [5, 5.41) is 7.78. The van der Waals surface area contributed by atoms with Gasteiger partial charge in [-0.1, -0.05) is 0 Å².